The van der Waals surface area contributed by atoms with E-state index in [1.54, 1.807) is 6.92 Å². The lowest BCUT2D eigenvalue weighted by Gasteiger charge is -2.32. The van der Waals surface area contributed by atoms with Crippen molar-refractivity contribution in [2.24, 2.45) is 0 Å². The van der Waals surface area contributed by atoms with Gasteiger partial charge in [-0.15, -0.1) is 0 Å². The molecule has 1 aromatic rings. The predicted molar refractivity (Wildman–Crippen MR) is 70.0 cm³/mol. The molecule has 1 heterocycles. The van der Waals surface area contributed by atoms with Crippen LogP contribution >= 0.6 is 0 Å². The van der Waals surface area contributed by atoms with E-state index in [0.29, 0.717) is 5.92 Å². The molecule has 0 aliphatic carbocycles. The lowest BCUT2D eigenvalue weighted by molar-refractivity contribution is -0.129. The summed E-state index contributed by atoms with van der Waals surface area (Å²) in [4.78, 5) is 13.3. The van der Waals surface area contributed by atoms with Crippen LogP contribution in [0.1, 0.15) is 43.7 Å². The van der Waals surface area contributed by atoms with Crippen LogP contribution in [0.4, 0.5) is 0 Å². The quantitative estimate of drug-likeness (QED) is 0.766. The number of rotatable bonds is 2. The zero-order chi connectivity index (χ0) is 12.3. The van der Waals surface area contributed by atoms with E-state index in [-0.39, 0.29) is 5.91 Å². The average molecular weight is 231 g/mol. The van der Waals surface area contributed by atoms with Crippen LogP contribution in [0, 0.1) is 0 Å². The SMILES string of the molecule is CCc1ccccc1C1CCN(C(C)=O)CC1. The number of piperidine rings is 1. The number of hydrogen-bond acceptors (Lipinski definition) is 1. The molecular formula is C15H21NO. The van der Waals surface area contributed by atoms with Crippen molar-refractivity contribution >= 4 is 5.91 Å². The molecule has 2 heteroatoms. The Kier molecular flexibility index (Phi) is 3.82. The minimum Gasteiger partial charge on any atom is -0.343 e. The fraction of sp³-hybridized carbons (Fsp3) is 0.533. The first-order valence-electron chi connectivity index (χ1n) is 6.55. The number of hydrogen-bond donors (Lipinski definition) is 0. The van der Waals surface area contributed by atoms with Crippen LogP contribution < -0.4 is 0 Å². The minimum atomic E-state index is 0.215. The summed E-state index contributed by atoms with van der Waals surface area (Å²) < 4.78 is 0. The molecule has 2 rings (SSSR count). The molecule has 0 unspecified atom stereocenters. The topological polar surface area (TPSA) is 20.3 Å². The van der Waals surface area contributed by atoms with E-state index in [1.807, 2.05) is 4.90 Å². The standard InChI is InChI=1S/C15H21NO/c1-3-13-6-4-5-7-15(13)14-8-10-16(11-9-14)12(2)17/h4-7,14H,3,8-11H2,1-2H3. The van der Waals surface area contributed by atoms with E-state index in [2.05, 4.69) is 31.2 Å². The second kappa shape index (κ2) is 5.35. The first kappa shape index (κ1) is 12.2. The molecule has 1 saturated heterocycles. The normalized spacial score (nSPS) is 17.2. The molecule has 1 amide bonds. The van der Waals surface area contributed by atoms with Gasteiger partial charge in [-0.05, 0) is 36.3 Å². The third kappa shape index (κ3) is 2.68. The molecule has 1 aromatic carbocycles. The lowest BCUT2D eigenvalue weighted by atomic mass is 9.86. The fourth-order valence-corrected chi connectivity index (χ4v) is 2.76. The summed E-state index contributed by atoms with van der Waals surface area (Å²) in [7, 11) is 0. The highest BCUT2D eigenvalue weighted by molar-refractivity contribution is 5.73. The molecule has 1 aliphatic heterocycles. The monoisotopic (exact) mass is 231 g/mol. The van der Waals surface area contributed by atoms with E-state index in [4.69, 9.17) is 0 Å². The van der Waals surface area contributed by atoms with Crippen molar-refractivity contribution in [3.8, 4) is 0 Å². The highest BCUT2D eigenvalue weighted by Gasteiger charge is 2.22. The summed E-state index contributed by atoms with van der Waals surface area (Å²) in [5.41, 5.74) is 2.96. The van der Waals surface area contributed by atoms with E-state index in [1.165, 1.54) is 11.1 Å². The molecule has 1 fully saturated rings. The third-order valence-corrected chi connectivity index (χ3v) is 3.82. The van der Waals surface area contributed by atoms with Crippen molar-refractivity contribution in [2.45, 2.75) is 39.0 Å². The van der Waals surface area contributed by atoms with Crippen molar-refractivity contribution < 1.29 is 4.79 Å². The van der Waals surface area contributed by atoms with Crippen LogP contribution in [0.2, 0.25) is 0 Å². The maximum absolute atomic E-state index is 11.3. The number of aryl methyl sites for hydroxylation is 1. The van der Waals surface area contributed by atoms with Gasteiger partial charge in [0.05, 0.1) is 0 Å². The van der Waals surface area contributed by atoms with E-state index in [9.17, 15) is 4.79 Å². The number of likely N-dealkylation sites (tertiary alicyclic amines) is 1. The predicted octanol–water partition coefficient (Wildman–Crippen LogP) is 2.97. The summed E-state index contributed by atoms with van der Waals surface area (Å²) in [6.45, 7) is 5.71. The molecule has 0 radical (unpaired) electrons. The number of amides is 1. The van der Waals surface area contributed by atoms with Gasteiger partial charge in [0.15, 0.2) is 0 Å². The van der Waals surface area contributed by atoms with Crippen molar-refractivity contribution in [2.75, 3.05) is 13.1 Å². The van der Waals surface area contributed by atoms with Gasteiger partial charge >= 0.3 is 0 Å². The molecule has 0 spiro atoms. The largest absolute Gasteiger partial charge is 0.343 e. The van der Waals surface area contributed by atoms with Crippen molar-refractivity contribution in [1.82, 2.24) is 4.90 Å². The Morgan fingerprint density at radius 3 is 2.53 bits per heavy atom. The second-order valence-electron chi connectivity index (χ2n) is 4.83. The Balaban J connectivity index is 2.07. The Morgan fingerprint density at radius 2 is 1.94 bits per heavy atom. The Hall–Kier alpha value is -1.31. The van der Waals surface area contributed by atoms with Crippen LogP contribution in [-0.4, -0.2) is 23.9 Å². The molecule has 0 saturated carbocycles. The van der Waals surface area contributed by atoms with Gasteiger partial charge in [0.1, 0.15) is 0 Å². The van der Waals surface area contributed by atoms with Crippen molar-refractivity contribution in [1.29, 1.82) is 0 Å². The zero-order valence-electron chi connectivity index (χ0n) is 10.8. The summed E-state index contributed by atoms with van der Waals surface area (Å²) in [6.07, 6.45) is 3.32. The smallest absolute Gasteiger partial charge is 0.219 e. The Morgan fingerprint density at radius 1 is 1.29 bits per heavy atom. The first-order valence-corrected chi connectivity index (χ1v) is 6.55. The summed E-state index contributed by atoms with van der Waals surface area (Å²) >= 11 is 0. The molecule has 1 aliphatic rings. The molecule has 2 nitrogen and oxygen atoms in total. The number of benzene rings is 1. The molecular weight excluding hydrogens is 210 g/mol. The van der Waals surface area contributed by atoms with Gasteiger partial charge in [-0.3, -0.25) is 4.79 Å². The number of carbonyl (C=O) groups is 1. The fourth-order valence-electron chi connectivity index (χ4n) is 2.76. The summed E-state index contributed by atoms with van der Waals surface area (Å²) in [5.74, 6) is 0.856. The first-order chi connectivity index (χ1) is 8.22. The van der Waals surface area contributed by atoms with Gasteiger partial charge in [-0.1, -0.05) is 31.2 Å². The van der Waals surface area contributed by atoms with Crippen molar-refractivity contribution in [3.05, 3.63) is 35.4 Å². The van der Waals surface area contributed by atoms with E-state index in [0.717, 1.165) is 32.4 Å². The molecule has 17 heavy (non-hydrogen) atoms. The number of nitrogens with zero attached hydrogens (tertiary/aromatic N) is 1. The summed E-state index contributed by atoms with van der Waals surface area (Å²) in [5, 5.41) is 0. The van der Waals surface area contributed by atoms with Crippen molar-refractivity contribution in [3.63, 3.8) is 0 Å². The van der Waals surface area contributed by atoms with Gasteiger partial charge in [0, 0.05) is 20.0 Å². The Bertz CT molecular complexity index is 392. The molecule has 0 N–H and O–H groups in total. The van der Waals surface area contributed by atoms with Crippen LogP contribution in [0.25, 0.3) is 0 Å². The highest BCUT2D eigenvalue weighted by atomic mass is 16.2. The third-order valence-electron chi connectivity index (χ3n) is 3.82. The average Bonchev–Trinajstić information content (AvgIpc) is 2.39. The maximum Gasteiger partial charge on any atom is 0.219 e. The molecule has 0 aromatic heterocycles. The Labute approximate surface area is 104 Å². The minimum absolute atomic E-state index is 0.215. The van der Waals surface area contributed by atoms with Crippen LogP contribution in [0.5, 0.6) is 0 Å². The van der Waals surface area contributed by atoms with E-state index < -0.39 is 0 Å². The second-order valence-corrected chi connectivity index (χ2v) is 4.83. The van der Waals surface area contributed by atoms with Crippen LogP contribution in [0.3, 0.4) is 0 Å². The van der Waals surface area contributed by atoms with Gasteiger partial charge in [-0.2, -0.15) is 0 Å². The zero-order valence-corrected chi connectivity index (χ0v) is 10.8. The van der Waals surface area contributed by atoms with E-state index >= 15 is 0 Å². The molecule has 0 bridgehead atoms. The lowest BCUT2D eigenvalue weighted by Crippen LogP contribution is -2.36. The van der Waals surface area contributed by atoms with Gasteiger partial charge < -0.3 is 4.90 Å². The highest BCUT2D eigenvalue weighted by Crippen LogP contribution is 2.30. The maximum atomic E-state index is 11.3. The van der Waals surface area contributed by atoms with Gasteiger partial charge in [0.2, 0.25) is 5.91 Å². The van der Waals surface area contributed by atoms with Gasteiger partial charge in [-0.25, -0.2) is 0 Å². The summed E-state index contributed by atoms with van der Waals surface area (Å²) in [6, 6.07) is 8.73. The molecule has 92 valence electrons. The van der Waals surface area contributed by atoms with Crippen LogP contribution in [-0.2, 0) is 11.2 Å². The number of carbonyl (C=O) groups excluding carboxylic acids is 1. The molecule has 0 atom stereocenters. The van der Waals surface area contributed by atoms with Crippen LogP contribution in [0.15, 0.2) is 24.3 Å². The van der Waals surface area contributed by atoms with Gasteiger partial charge in [0.25, 0.3) is 0 Å².